The van der Waals surface area contributed by atoms with Crippen molar-refractivity contribution in [2.24, 2.45) is 0 Å². The third-order valence-electron chi connectivity index (χ3n) is 4.10. The van der Waals surface area contributed by atoms with Crippen LogP contribution in [-0.2, 0) is 0 Å². The van der Waals surface area contributed by atoms with Crippen molar-refractivity contribution in [3.05, 3.63) is 30.0 Å². The molecule has 3 rings (SSSR count). The molecule has 3 heteroatoms. The van der Waals surface area contributed by atoms with E-state index < -0.39 is 0 Å². The van der Waals surface area contributed by atoms with E-state index in [1.165, 1.54) is 43.5 Å². The summed E-state index contributed by atoms with van der Waals surface area (Å²) in [5.41, 5.74) is 2.57. The zero-order chi connectivity index (χ0) is 12.4. The maximum atomic E-state index is 5.34. The number of methoxy groups -OCH3 is 1. The topological polar surface area (TPSA) is 25.4 Å². The Morgan fingerprint density at radius 3 is 2.89 bits per heavy atom. The molecule has 1 aromatic rings. The number of likely N-dealkylation sites (tertiary alicyclic amines) is 1. The van der Waals surface area contributed by atoms with Crippen LogP contribution in [0.2, 0.25) is 0 Å². The van der Waals surface area contributed by atoms with Gasteiger partial charge in [0.15, 0.2) is 0 Å². The van der Waals surface area contributed by atoms with Crippen LogP contribution in [0.3, 0.4) is 0 Å². The van der Waals surface area contributed by atoms with Crippen molar-refractivity contribution < 1.29 is 4.74 Å². The first kappa shape index (κ1) is 11.7. The predicted octanol–water partition coefficient (Wildman–Crippen LogP) is 2.73. The molecule has 0 spiro atoms. The van der Waals surface area contributed by atoms with E-state index in [2.05, 4.69) is 22.0 Å². The minimum absolute atomic E-state index is 0.756. The van der Waals surface area contributed by atoms with Crippen LogP contribution >= 0.6 is 0 Å². The average molecular weight is 244 g/mol. The van der Waals surface area contributed by atoms with Gasteiger partial charge in [0.25, 0.3) is 0 Å². The second-order valence-corrected chi connectivity index (χ2v) is 5.11. The first-order valence-electron chi connectivity index (χ1n) is 6.81. The Morgan fingerprint density at radius 1 is 1.39 bits per heavy atom. The molecule has 1 aromatic heterocycles. The van der Waals surface area contributed by atoms with Gasteiger partial charge in [0.05, 0.1) is 7.11 Å². The lowest BCUT2D eigenvalue weighted by Gasteiger charge is -2.40. The molecule has 1 atom stereocenters. The molecule has 0 amide bonds. The standard InChI is InChI=1S/C15H20N2O/c1-18-15-14(4-2-9-16-15)12-5-7-13(8-6-12)17-10-3-11-17/h2,4-5,9,13H,3,6-8,10-11H2,1H3. The molecule has 96 valence electrons. The highest BCUT2D eigenvalue weighted by Crippen LogP contribution is 2.33. The van der Waals surface area contributed by atoms with Gasteiger partial charge in [-0.25, -0.2) is 4.98 Å². The van der Waals surface area contributed by atoms with Crippen molar-refractivity contribution in [2.75, 3.05) is 20.2 Å². The van der Waals surface area contributed by atoms with E-state index in [-0.39, 0.29) is 0 Å². The van der Waals surface area contributed by atoms with Crippen LogP contribution in [0.1, 0.15) is 31.2 Å². The first-order valence-corrected chi connectivity index (χ1v) is 6.81. The lowest BCUT2D eigenvalue weighted by atomic mass is 9.89. The molecule has 1 unspecified atom stereocenters. The Bertz CT molecular complexity index is 452. The highest BCUT2D eigenvalue weighted by atomic mass is 16.5. The van der Waals surface area contributed by atoms with Crippen LogP contribution in [0.25, 0.3) is 5.57 Å². The lowest BCUT2D eigenvalue weighted by molar-refractivity contribution is 0.111. The van der Waals surface area contributed by atoms with E-state index in [4.69, 9.17) is 4.74 Å². The molecule has 1 aliphatic heterocycles. The summed E-state index contributed by atoms with van der Waals surface area (Å²) in [4.78, 5) is 6.89. The van der Waals surface area contributed by atoms with Crippen LogP contribution in [0.5, 0.6) is 5.88 Å². The molecular formula is C15H20N2O. The maximum Gasteiger partial charge on any atom is 0.220 e. The van der Waals surface area contributed by atoms with Gasteiger partial charge in [0, 0.05) is 17.8 Å². The Balaban J connectivity index is 1.75. The van der Waals surface area contributed by atoms with Gasteiger partial charge >= 0.3 is 0 Å². The second kappa shape index (κ2) is 5.11. The van der Waals surface area contributed by atoms with Crippen LogP contribution < -0.4 is 4.74 Å². The number of ether oxygens (including phenoxy) is 1. The molecular weight excluding hydrogens is 224 g/mol. The zero-order valence-electron chi connectivity index (χ0n) is 10.9. The van der Waals surface area contributed by atoms with Gasteiger partial charge in [0.1, 0.15) is 0 Å². The summed E-state index contributed by atoms with van der Waals surface area (Å²) in [6.45, 7) is 2.59. The molecule has 3 nitrogen and oxygen atoms in total. The molecule has 1 saturated heterocycles. The molecule has 0 radical (unpaired) electrons. The van der Waals surface area contributed by atoms with Gasteiger partial charge in [-0.2, -0.15) is 0 Å². The molecule has 0 saturated carbocycles. The van der Waals surface area contributed by atoms with E-state index in [0.29, 0.717) is 0 Å². The third kappa shape index (κ3) is 2.15. The summed E-state index contributed by atoms with van der Waals surface area (Å²) in [5, 5.41) is 0. The van der Waals surface area contributed by atoms with Gasteiger partial charge in [-0.05, 0) is 56.5 Å². The lowest BCUT2D eigenvalue weighted by Crippen LogP contribution is -2.45. The Morgan fingerprint density at radius 2 is 2.28 bits per heavy atom. The van der Waals surface area contributed by atoms with E-state index >= 15 is 0 Å². The van der Waals surface area contributed by atoms with Crippen LogP contribution in [0, 0.1) is 0 Å². The average Bonchev–Trinajstić information content (AvgIpc) is 2.38. The van der Waals surface area contributed by atoms with Crippen LogP contribution in [0.15, 0.2) is 24.4 Å². The SMILES string of the molecule is COc1ncccc1C1=CCC(N2CCC2)CC1. The molecule has 18 heavy (non-hydrogen) atoms. The van der Waals surface area contributed by atoms with Gasteiger partial charge in [0.2, 0.25) is 5.88 Å². The Kier molecular flexibility index (Phi) is 3.33. The Hall–Kier alpha value is -1.35. The van der Waals surface area contributed by atoms with Crippen molar-refractivity contribution in [3.8, 4) is 5.88 Å². The molecule has 0 aromatic carbocycles. The van der Waals surface area contributed by atoms with E-state index in [9.17, 15) is 0 Å². The van der Waals surface area contributed by atoms with Crippen molar-refractivity contribution in [2.45, 2.75) is 31.7 Å². The normalized spacial score (nSPS) is 24.3. The van der Waals surface area contributed by atoms with Gasteiger partial charge in [-0.15, -0.1) is 0 Å². The predicted molar refractivity (Wildman–Crippen MR) is 72.6 cm³/mol. The van der Waals surface area contributed by atoms with Crippen molar-refractivity contribution in [1.82, 2.24) is 9.88 Å². The van der Waals surface area contributed by atoms with Crippen molar-refractivity contribution in [3.63, 3.8) is 0 Å². The number of allylic oxidation sites excluding steroid dienone is 1. The number of pyridine rings is 1. The van der Waals surface area contributed by atoms with Gasteiger partial charge < -0.3 is 4.74 Å². The molecule has 1 aliphatic carbocycles. The molecule has 2 heterocycles. The highest BCUT2D eigenvalue weighted by molar-refractivity contribution is 5.69. The minimum Gasteiger partial charge on any atom is -0.481 e. The Labute approximate surface area is 108 Å². The van der Waals surface area contributed by atoms with E-state index in [1.807, 2.05) is 6.07 Å². The summed E-state index contributed by atoms with van der Waals surface area (Å²) < 4.78 is 5.34. The first-order chi connectivity index (χ1) is 8.88. The second-order valence-electron chi connectivity index (χ2n) is 5.11. The monoisotopic (exact) mass is 244 g/mol. The van der Waals surface area contributed by atoms with Crippen LogP contribution in [0.4, 0.5) is 0 Å². The summed E-state index contributed by atoms with van der Waals surface area (Å²) in [7, 11) is 1.69. The molecule has 0 bridgehead atoms. The van der Waals surface area contributed by atoms with Gasteiger partial charge in [-0.3, -0.25) is 4.90 Å². The van der Waals surface area contributed by atoms with E-state index in [1.54, 1.807) is 13.3 Å². The third-order valence-corrected chi connectivity index (χ3v) is 4.10. The smallest absolute Gasteiger partial charge is 0.220 e. The van der Waals surface area contributed by atoms with Gasteiger partial charge in [-0.1, -0.05) is 6.08 Å². The molecule has 0 N–H and O–H groups in total. The van der Waals surface area contributed by atoms with Crippen molar-refractivity contribution >= 4 is 5.57 Å². The molecule has 1 fully saturated rings. The summed E-state index contributed by atoms with van der Waals surface area (Å²) in [6, 6.07) is 4.87. The zero-order valence-corrected chi connectivity index (χ0v) is 10.9. The number of nitrogens with zero attached hydrogens (tertiary/aromatic N) is 2. The minimum atomic E-state index is 0.756. The fourth-order valence-electron chi connectivity index (χ4n) is 2.90. The summed E-state index contributed by atoms with van der Waals surface area (Å²) in [5.74, 6) is 0.756. The highest BCUT2D eigenvalue weighted by Gasteiger charge is 2.26. The number of hydrogen-bond acceptors (Lipinski definition) is 3. The fourth-order valence-corrected chi connectivity index (χ4v) is 2.90. The van der Waals surface area contributed by atoms with Crippen molar-refractivity contribution in [1.29, 1.82) is 0 Å². The largest absolute Gasteiger partial charge is 0.481 e. The fraction of sp³-hybridized carbons (Fsp3) is 0.533. The molecule has 2 aliphatic rings. The summed E-state index contributed by atoms with van der Waals surface area (Å²) in [6.07, 6.45) is 9.13. The number of hydrogen-bond donors (Lipinski definition) is 0. The quantitative estimate of drug-likeness (QED) is 0.817. The number of aromatic nitrogens is 1. The van der Waals surface area contributed by atoms with Crippen LogP contribution in [-0.4, -0.2) is 36.1 Å². The maximum absolute atomic E-state index is 5.34. The summed E-state index contributed by atoms with van der Waals surface area (Å²) >= 11 is 0. The van der Waals surface area contributed by atoms with E-state index in [0.717, 1.165) is 18.3 Å². The number of rotatable bonds is 3.